The summed E-state index contributed by atoms with van der Waals surface area (Å²) in [6, 6.07) is 8.51. The van der Waals surface area contributed by atoms with Crippen molar-refractivity contribution in [1.29, 1.82) is 0 Å². The van der Waals surface area contributed by atoms with E-state index in [0.717, 1.165) is 0 Å². The number of Topliss-reactive ketones (excluding diaryl/α,β-unsaturated/α-hetero) is 1. The van der Waals surface area contributed by atoms with Gasteiger partial charge in [0.15, 0.2) is 5.75 Å². The minimum absolute atomic E-state index is 0.0266. The molecule has 1 amide bonds. The summed E-state index contributed by atoms with van der Waals surface area (Å²) in [5.74, 6) is -1.16. The van der Waals surface area contributed by atoms with Crippen molar-refractivity contribution in [2.45, 2.75) is 13.3 Å². The molecular weight excluding hydrogens is 258 g/mol. The van der Waals surface area contributed by atoms with Crippen LogP contribution in [0.4, 0.5) is 11.4 Å². The number of phenolic OH excluding ortho intramolecular Hbond substituents is 1. The van der Waals surface area contributed by atoms with Crippen LogP contribution in [0.25, 0.3) is 10.8 Å². The van der Waals surface area contributed by atoms with E-state index in [1.807, 2.05) is 0 Å². The molecule has 101 valence electrons. The largest absolute Gasteiger partial charge is 0.504 e. The van der Waals surface area contributed by atoms with Gasteiger partial charge in [-0.05, 0) is 23.9 Å². The van der Waals surface area contributed by atoms with Gasteiger partial charge in [0.2, 0.25) is 5.91 Å². The smallest absolute Gasteiger partial charge is 0.231 e. The Hall–Kier alpha value is -2.76. The summed E-state index contributed by atoms with van der Waals surface area (Å²) in [6.45, 7) is 1.30. The number of fused-ring (bicyclic) bond motifs is 1. The second-order valence-corrected chi connectivity index (χ2v) is 4.37. The monoisotopic (exact) mass is 270 g/mol. The molecule has 2 N–H and O–H groups in total. The van der Waals surface area contributed by atoms with Crippen LogP contribution in [0.5, 0.6) is 5.75 Å². The number of phenols is 1. The van der Waals surface area contributed by atoms with Gasteiger partial charge in [0.25, 0.3) is 0 Å². The normalized spacial score (nSPS) is 10.2. The molecule has 1 radical (unpaired) electrons. The van der Waals surface area contributed by atoms with Gasteiger partial charge < -0.3 is 10.4 Å². The number of hydrogen-bond donors (Lipinski definition) is 2. The number of carbonyl (C=O) groups excluding carboxylic acids is 2. The van der Waals surface area contributed by atoms with Crippen molar-refractivity contribution in [2.24, 2.45) is 5.11 Å². The van der Waals surface area contributed by atoms with Gasteiger partial charge in [0.1, 0.15) is 11.5 Å². The van der Waals surface area contributed by atoms with E-state index in [1.165, 1.54) is 6.92 Å². The number of nitrogens with zero attached hydrogens (tertiary/aromatic N) is 2. The van der Waals surface area contributed by atoms with Gasteiger partial charge in [-0.15, -0.1) is 5.11 Å². The summed E-state index contributed by atoms with van der Waals surface area (Å²) >= 11 is 0. The minimum Gasteiger partial charge on any atom is -0.504 e. The zero-order valence-electron chi connectivity index (χ0n) is 10.8. The van der Waals surface area contributed by atoms with Crippen molar-refractivity contribution in [3.63, 3.8) is 0 Å². The Bertz CT molecular complexity index is 710. The highest BCUT2D eigenvalue weighted by Crippen LogP contribution is 2.40. The van der Waals surface area contributed by atoms with E-state index in [9.17, 15) is 14.7 Å². The van der Waals surface area contributed by atoms with Gasteiger partial charge in [-0.3, -0.25) is 9.59 Å². The summed E-state index contributed by atoms with van der Waals surface area (Å²) in [5.41, 5.74) is 9.09. The lowest BCUT2D eigenvalue weighted by atomic mass is 10.1. The van der Waals surface area contributed by atoms with Gasteiger partial charge >= 0.3 is 0 Å². The fourth-order valence-corrected chi connectivity index (χ4v) is 1.93. The van der Waals surface area contributed by atoms with Gasteiger partial charge in [-0.1, -0.05) is 24.3 Å². The van der Waals surface area contributed by atoms with Crippen molar-refractivity contribution in [1.82, 2.24) is 5.53 Å². The van der Waals surface area contributed by atoms with E-state index in [1.54, 1.807) is 30.3 Å². The average molecular weight is 270 g/mol. The van der Waals surface area contributed by atoms with Gasteiger partial charge in [-0.25, -0.2) is 0 Å². The van der Waals surface area contributed by atoms with Crippen molar-refractivity contribution >= 4 is 33.8 Å². The standard InChI is InChI=1S/C14H12N3O3/c1-8(18)6-12(19)16-11-7-9-4-2-3-5-10(9)13(17-15)14(11)20/h2-5,7,20H,6H2,1H3,(H,16,19). The summed E-state index contributed by atoms with van der Waals surface area (Å²) in [5, 5.41) is 16.7. The number of hydrogen-bond acceptors (Lipinski definition) is 4. The third-order valence-corrected chi connectivity index (χ3v) is 2.78. The summed E-state index contributed by atoms with van der Waals surface area (Å²) in [4.78, 5) is 22.5. The maximum Gasteiger partial charge on any atom is 0.231 e. The highest BCUT2D eigenvalue weighted by molar-refractivity contribution is 6.07. The Kier molecular flexibility index (Phi) is 3.74. The highest BCUT2D eigenvalue weighted by Gasteiger charge is 2.15. The predicted octanol–water partition coefficient (Wildman–Crippen LogP) is 2.35. The third kappa shape index (κ3) is 2.64. The Labute approximate surface area is 114 Å². The SMILES string of the molecule is CC(=O)CC(=O)Nc1cc2ccccc2c(N=[N])c1O. The number of aromatic hydroxyl groups is 1. The minimum atomic E-state index is -0.535. The molecule has 0 aliphatic carbocycles. The number of amides is 1. The molecule has 0 bridgehead atoms. The summed E-state index contributed by atoms with van der Waals surface area (Å²) in [6.07, 6.45) is -0.280. The predicted molar refractivity (Wildman–Crippen MR) is 73.8 cm³/mol. The lowest BCUT2D eigenvalue weighted by Crippen LogP contribution is -2.14. The van der Waals surface area contributed by atoms with E-state index in [2.05, 4.69) is 10.4 Å². The average Bonchev–Trinajstić information content (AvgIpc) is 2.39. The Morgan fingerprint density at radius 3 is 2.70 bits per heavy atom. The summed E-state index contributed by atoms with van der Waals surface area (Å²) in [7, 11) is 0. The number of benzene rings is 2. The molecule has 0 aliphatic rings. The Morgan fingerprint density at radius 1 is 1.35 bits per heavy atom. The molecule has 0 spiro atoms. The van der Waals surface area contributed by atoms with Crippen LogP contribution in [0.3, 0.4) is 0 Å². The van der Waals surface area contributed by atoms with Crippen LogP contribution in [0.1, 0.15) is 13.3 Å². The van der Waals surface area contributed by atoms with E-state index < -0.39 is 5.91 Å². The van der Waals surface area contributed by atoms with Gasteiger partial charge in [-0.2, -0.15) is 0 Å². The van der Waals surface area contributed by atoms with E-state index in [4.69, 9.17) is 5.53 Å². The van der Waals surface area contributed by atoms with Gasteiger partial charge in [0.05, 0.1) is 12.1 Å². The topological polar surface area (TPSA) is 101 Å². The molecule has 0 atom stereocenters. The first-order chi connectivity index (χ1) is 9.52. The zero-order valence-corrected chi connectivity index (χ0v) is 10.8. The number of ketones is 1. The molecule has 20 heavy (non-hydrogen) atoms. The molecule has 6 heteroatoms. The Morgan fingerprint density at radius 2 is 2.05 bits per heavy atom. The highest BCUT2D eigenvalue weighted by atomic mass is 16.3. The molecular formula is C14H12N3O3. The first kappa shape index (κ1) is 13.7. The molecule has 6 nitrogen and oxygen atoms in total. The van der Waals surface area contributed by atoms with Crippen LogP contribution in [0.2, 0.25) is 0 Å². The van der Waals surface area contributed by atoms with Crippen LogP contribution in [-0.2, 0) is 9.59 Å². The maximum absolute atomic E-state index is 11.6. The van der Waals surface area contributed by atoms with Crippen molar-refractivity contribution in [2.75, 3.05) is 5.32 Å². The van der Waals surface area contributed by atoms with E-state index in [0.29, 0.717) is 10.8 Å². The van der Waals surface area contributed by atoms with Gasteiger partial charge in [0, 0.05) is 5.39 Å². The molecule has 2 rings (SSSR count). The molecule has 0 unspecified atom stereocenters. The summed E-state index contributed by atoms with van der Waals surface area (Å²) < 4.78 is 0. The first-order valence-electron chi connectivity index (χ1n) is 5.92. The van der Waals surface area contributed by atoms with Crippen molar-refractivity contribution in [3.8, 4) is 5.75 Å². The fourth-order valence-electron chi connectivity index (χ4n) is 1.93. The second kappa shape index (κ2) is 5.48. The van der Waals surface area contributed by atoms with Crippen molar-refractivity contribution < 1.29 is 14.7 Å². The molecule has 0 aliphatic heterocycles. The fraction of sp³-hybridized carbons (Fsp3) is 0.143. The quantitative estimate of drug-likeness (QED) is 0.506. The lowest BCUT2D eigenvalue weighted by Gasteiger charge is -2.10. The Balaban J connectivity index is 2.49. The number of rotatable bonds is 4. The van der Waals surface area contributed by atoms with E-state index in [-0.39, 0.29) is 29.3 Å². The van der Waals surface area contributed by atoms with Crippen molar-refractivity contribution in [3.05, 3.63) is 30.3 Å². The lowest BCUT2D eigenvalue weighted by molar-refractivity contribution is -0.124. The molecule has 0 saturated carbocycles. The van der Waals surface area contributed by atoms with Crippen LogP contribution < -0.4 is 10.8 Å². The number of carbonyl (C=O) groups is 2. The second-order valence-electron chi connectivity index (χ2n) is 4.37. The molecule has 0 heterocycles. The number of anilines is 1. The van der Waals surface area contributed by atoms with Crippen LogP contribution >= 0.6 is 0 Å². The van der Waals surface area contributed by atoms with Crippen LogP contribution in [0.15, 0.2) is 35.4 Å². The van der Waals surface area contributed by atoms with Crippen LogP contribution in [0, 0.1) is 0 Å². The molecule has 2 aromatic carbocycles. The van der Waals surface area contributed by atoms with Crippen LogP contribution in [-0.4, -0.2) is 16.8 Å². The molecule has 0 aromatic heterocycles. The first-order valence-corrected chi connectivity index (χ1v) is 5.92. The zero-order chi connectivity index (χ0) is 14.7. The molecule has 2 aromatic rings. The number of nitrogens with one attached hydrogen (secondary N) is 1. The third-order valence-electron chi connectivity index (χ3n) is 2.78. The maximum atomic E-state index is 11.6. The molecule has 0 saturated heterocycles. The molecule has 0 fully saturated rings. The van der Waals surface area contributed by atoms with E-state index >= 15 is 0 Å².